The number of nitriles is 1. The first-order valence-electron chi connectivity index (χ1n) is 8.05. The predicted molar refractivity (Wildman–Crippen MR) is 88.6 cm³/mol. The summed E-state index contributed by atoms with van der Waals surface area (Å²) >= 11 is 0. The molecule has 0 N–H and O–H groups in total. The first-order chi connectivity index (χ1) is 11.5. The molecule has 0 amide bonds. The SMILES string of the molecule is CCOc1cc(C#N)ccc1OC(=O)CCS(=O)(=O)C1CCCC1. The van der Waals surface area contributed by atoms with E-state index in [2.05, 4.69) is 0 Å². The molecule has 1 aromatic carbocycles. The van der Waals surface area contributed by atoms with E-state index in [0.717, 1.165) is 12.8 Å². The molecule has 0 aliphatic heterocycles. The van der Waals surface area contributed by atoms with Gasteiger partial charge in [0.05, 0.1) is 35.7 Å². The van der Waals surface area contributed by atoms with Gasteiger partial charge in [-0.05, 0) is 31.9 Å². The van der Waals surface area contributed by atoms with Crippen LogP contribution in [0.5, 0.6) is 11.5 Å². The van der Waals surface area contributed by atoms with Crippen LogP contribution < -0.4 is 9.47 Å². The Kier molecular flexibility index (Phi) is 6.21. The molecule has 1 fully saturated rings. The number of nitrogens with zero attached hydrogens (tertiary/aromatic N) is 1. The minimum absolute atomic E-state index is 0.190. The first kappa shape index (κ1) is 18.3. The second kappa shape index (κ2) is 8.15. The van der Waals surface area contributed by atoms with Gasteiger partial charge in [0.15, 0.2) is 21.3 Å². The zero-order chi connectivity index (χ0) is 17.6. The van der Waals surface area contributed by atoms with Gasteiger partial charge in [-0.25, -0.2) is 8.42 Å². The number of hydrogen-bond acceptors (Lipinski definition) is 6. The molecule has 0 saturated heterocycles. The molecule has 0 atom stereocenters. The summed E-state index contributed by atoms with van der Waals surface area (Å²) in [5.74, 6) is -0.332. The van der Waals surface area contributed by atoms with Crippen molar-refractivity contribution in [2.75, 3.05) is 12.4 Å². The van der Waals surface area contributed by atoms with E-state index in [4.69, 9.17) is 14.7 Å². The molecule has 7 heteroatoms. The molecule has 0 radical (unpaired) electrons. The zero-order valence-electron chi connectivity index (χ0n) is 13.7. The van der Waals surface area contributed by atoms with E-state index in [0.29, 0.717) is 30.8 Å². The Morgan fingerprint density at radius 2 is 2.00 bits per heavy atom. The number of ether oxygens (including phenoxy) is 2. The van der Waals surface area contributed by atoms with E-state index >= 15 is 0 Å². The van der Waals surface area contributed by atoms with E-state index in [1.54, 1.807) is 6.92 Å². The van der Waals surface area contributed by atoms with Crippen molar-refractivity contribution in [3.05, 3.63) is 23.8 Å². The predicted octanol–water partition coefficient (Wildman–Crippen LogP) is 2.61. The maximum Gasteiger partial charge on any atom is 0.312 e. The normalized spacial score (nSPS) is 15.0. The van der Waals surface area contributed by atoms with Crippen LogP contribution in [0.1, 0.15) is 44.6 Å². The largest absolute Gasteiger partial charge is 0.490 e. The molecule has 0 bridgehead atoms. The number of hydrogen-bond donors (Lipinski definition) is 0. The fourth-order valence-corrected chi connectivity index (χ4v) is 4.58. The molecule has 0 aromatic heterocycles. The highest BCUT2D eigenvalue weighted by Gasteiger charge is 2.29. The summed E-state index contributed by atoms with van der Waals surface area (Å²) < 4.78 is 34.9. The number of esters is 1. The topological polar surface area (TPSA) is 93.5 Å². The molecule has 0 heterocycles. The van der Waals surface area contributed by atoms with Crippen LogP contribution in [0.3, 0.4) is 0 Å². The Labute approximate surface area is 142 Å². The van der Waals surface area contributed by atoms with Gasteiger partial charge >= 0.3 is 5.97 Å². The highest BCUT2D eigenvalue weighted by molar-refractivity contribution is 7.92. The summed E-state index contributed by atoms with van der Waals surface area (Å²) in [5, 5.41) is 8.58. The molecule has 1 saturated carbocycles. The Balaban J connectivity index is 1.98. The second-order valence-electron chi connectivity index (χ2n) is 5.70. The summed E-state index contributed by atoms with van der Waals surface area (Å²) in [6.45, 7) is 2.13. The summed E-state index contributed by atoms with van der Waals surface area (Å²) in [6, 6.07) is 6.46. The Hall–Kier alpha value is -2.07. The van der Waals surface area contributed by atoms with E-state index < -0.39 is 15.8 Å². The lowest BCUT2D eigenvalue weighted by atomic mass is 10.2. The molecular weight excluding hydrogens is 330 g/mol. The number of carbonyl (C=O) groups excluding carboxylic acids is 1. The number of benzene rings is 1. The lowest BCUT2D eigenvalue weighted by molar-refractivity contribution is -0.134. The van der Waals surface area contributed by atoms with Gasteiger partial charge in [0.2, 0.25) is 0 Å². The fraction of sp³-hybridized carbons (Fsp3) is 0.529. The minimum atomic E-state index is -3.25. The Bertz CT molecular complexity index is 730. The third kappa shape index (κ3) is 4.71. The monoisotopic (exact) mass is 351 g/mol. The first-order valence-corrected chi connectivity index (χ1v) is 9.77. The third-order valence-corrected chi connectivity index (χ3v) is 6.26. The Morgan fingerprint density at radius 1 is 1.29 bits per heavy atom. The van der Waals surface area contributed by atoms with E-state index in [9.17, 15) is 13.2 Å². The highest BCUT2D eigenvalue weighted by atomic mass is 32.2. The quantitative estimate of drug-likeness (QED) is 0.554. The van der Waals surface area contributed by atoms with Crippen molar-refractivity contribution < 1.29 is 22.7 Å². The van der Waals surface area contributed by atoms with Gasteiger partial charge in [-0.1, -0.05) is 12.8 Å². The molecule has 2 rings (SSSR count). The smallest absolute Gasteiger partial charge is 0.312 e. The Morgan fingerprint density at radius 3 is 2.62 bits per heavy atom. The van der Waals surface area contributed by atoms with Crippen LogP contribution in [0.2, 0.25) is 0 Å². The number of rotatable bonds is 7. The summed E-state index contributed by atoms with van der Waals surface area (Å²) in [5.41, 5.74) is 0.391. The zero-order valence-corrected chi connectivity index (χ0v) is 14.5. The van der Waals surface area contributed by atoms with Crippen LogP contribution in [0, 0.1) is 11.3 Å². The standard InChI is InChI=1S/C17H21NO5S/c1-2-22-16-11-13(12-18)7-8-15(16)23-17(19)9-10-24(20,21)14-5-3-4-6-14/h7-8,11,14H,2-6,9-10H2,1H3. The summed E-state index contributed by atoms with van der Waals surface area (Å²) in [7, 11) is -3.25. The maximum absolute atomic E-state index is 12.2. The van der Waals surface area contributed by atoms with Crippen molar-refractivity contribution in [1.29, 1.82) is 5.26 Å². The number of sulfone groups is 1. The maximum atomic E-state index is 12.2. The molecule has 0 spiro atoms. The lowest BCUT2D eigenvalue weighted by Crippen LogP contribution is -2.24. The van der Waals surface area contributed by atoms with Crippen molar-refractivity contribution >= 4 is 15.8 Å². The van der Waals surface area contributed by atoms with Crippen LogP contribution in [-0.2, 0) is 14.6 Å². The molecule has 0 unspecified atom stereocenters. The second-order valence-corrected chi connectivity index (χ2v) is 8.10. The molecule has 1 aromatic rings. The van der Waals surface area contributed by atoms with E-state index in [1.807, 2.05) is 6.07 Å². The molecule has 24 heavy (non-hydrogen) atoms. The van der Waals surface area contributed by atoms with E-state index in [1.165, 1.54) is 18.2 Å². The summed E-state index contributed by atoms with van der Waals surface area (Å²) in [6.07, 6.45) is 3.03. The van der Waals surface area contributed by atoms with Crippen molar-refractivity contribution in [1.82, 2.24) is 0 Å². The van der Waals surface area contributed by atoms with Crippen LogP contribution in [-0.4, -0.2) is 32.0 Å². The van der Waals surface area contributed by atoms with Crippen LogP contribution in [0.25, 0.3) is 0 Å². The number of carbonyl (C=O) groups is 1. The lowest BCUT2D eigenvalue weighted by Gasteiger charge is -2.12. The third-order valence-electron chi connectivity index (χ3n) is 4.00. The average Bonchev–Trinajstić information content (AvgIpc) is 3.10. The van der Waals surface area contributed by atoms with Crippen molar-refractivity contribution in [3.8, 4) is 17.6 Å². The van der Waals surface area contributed by atoms with Gasteiger partial charge in [-0.15, -0.1) is 0 Å². The van der Waals surface area contributed by atoms with Crippen LogP contribution in [0.15, 0.2) is 18.2 Å². The van der Waals surface area contributed by atoms with Crippen molar-refractivity contribution in [3.63, 3.8) is 0 Å². The molecule has 130 valence electrons. The molecule has 6 nitrogen and oxygen atoms in total. The average molecular weight is 351 g/mol. The van der Waals surface area contributed by atoms with Gasteiger partial charge in [0.25, 0.3) is 0 Å². The van der Waals surface area contributed by atoms with Gasteiger partial charge in [-0.2, -0.15) is 5.26 Å². The van der Waals surface area contributed by atoms with Crippen molar-refractivity contribution in [2.45, 2.75) is 44.3 Å². The van der Waals surface area contributed by atoms with Crippen LogP contribution >= 0.6 is 0 Å². The van der Waals surface area contributed by atoms with Gasteiger partial charge in [0.1, 0.15) is 0 Å². The van der Waals surface area contributed by atoms with Gasteiger partial charge < -0.3 is 9.47 Å². The van der Waals surface area contributed by atoms with E-state index in [-0.39, 0.29) is 23.2 Å². The van der Waals surface area contributed by atoms with Gasteiger partial charge in [-0.3, -0.25) is 4.79 Å². The minimum Gasteiger partial charge on any atom is -0.490 e. The van der Waals surface area contributed by atoms with Crippen molar-refractivity contribution in [2.24, 2.45) is 0 Å². The fourth-order valence-electron chi connectivity index (χ4n) is 2.74. The molecular formula is C17H21NO5S. The summed E-state index contributed by atoms with van der Waals surface area (Å²) in [4.78, 5) is 12.0. The van der Waals surface area contributed by atoms with Crippen LogP contribution in [0.4, 0.5) is 0 Å². The molecule has 1 aliphatic carbocycles. The van der Waals surface area contributed by atoms with Gasteiger partial charge in [0, 0.05) is 6.07 Å². The molecule has 1 aliphatic rings. The highest BCUT2D eigenvalue weighted by Crippen LogP contribution is 2.29.